The van der Waals surface area contributed by atoms with E-state index in [2.05, 4.69) is 62.3 Å². The summed E-state index contributed by atoms with van der Waals surface area (Å²) in [5.41, 5.74) is 1.96. The van der Waals surface area contributed by atoms with Gasteiger partial charge in [0, 0.05) is 33.5 Å². The summed E-state index contributed by atoms with van der Waals surface area (Å²) in [6.07, 6.45) is 0. The fourth-order valence-corrected chi connectivity index (χ4v) is 5.57. The molecule has 2 nitrogen and oxygen atoms in total. The van der Waals surface area contributed by atoms with Crippen molar-refractivity contribution in [3.63, 3.8) is 0 Å². The van der Waals surface area contributed by atoms with Crippen molar-refractivity contribution in [2.24, 2.45) is 4.99 Å². The molecule has 23 heavy (non-hydrogen) atoms. The Morgan fingerprint density at radius 2 is 1.78 bits per heavy atom. The first-order valence-corrected chi connectivity index (χ1v) is 10.7. The molecule has 0 unspecified atom stereocenters. The van der Waals surface area contributed by atoms with Crippen LogP contribution < -0.4 is 4.74 Å². The number of nitrogens with zero attached hydrogens (tertiary/aromatic N) is 1. The van der Waals surface area contributed by atoms with Gasteiger partial charge >= 0.3 is 0 Å². The number of aliphatic imine (C=N–C) groups is 1. The first kappa shape index (κ1) is 18.1. The Hall–Kier alpha value is 0.300. The van der Waals surface area contributed by atoms with Gasteiger partial charge in [-0.25, -0.2) is 0 Å². The van der Waals surface area contributed by atoms with Gasteiger partial charge in [0.1, 0.15) is 12.4 Å². The molecule has 2 aromatic rings. The lowest BCUT2D eigenvalue weighted by molar-refractivity contribution is 0.302. The van der Waals surface area contributed by atoms with Crippen molar-refractivity contribution >= 4 is 85.2 Å². The molecule has 0 spiro atoms. The molecule has 0 fully saturated rings. The number of halogens is 4. The first-order valence-electron chi connectivity index (χ1n) is 6.78. The molecule has 1 heterocycles. The maximum absolute atomic E-state index is 6.20. The van der Waals surface area contributed by atoms with Crippen LogP contribution in [0.3, 0.4) is 0 Å². The van der Waals surface area contributed by atoms with E-state index in [0.29, 0.717) is 16.7 Å². The van der Waals surface area contributed by atoms with Crippen LogP contribution in [0.2, 0.25) is 10.0 Å². The topological polar surface area (TPSA) is 21.6 Å². The van der Waals surface area contributed by atoms with Gasteiger partial charge < -0.3 is 4.74 Å². The van der Waals surface area contributed by atoms with Crippen molar-refractivity contribution in [2.45, 2.75) is 6.61 Å². The zero-order valence-electron chi connectivity index (χ0n) is 11.8. The number of ether oxygens (including phenoxy) is 1. The van der Waals surface area contributed by atoms with Gasteiger partial charge in [-0.3, -0.25) is 4.99 Å². The molecule has 7 heteroatoms. The number of hydrogen-bond donors (Lipinski definition) is 0. The quantitative estimate of drug-likeness (QED) is 0.392. The third-order valence-corrected chi connectivity index (χ3v) is 6.59. The molecular formula is C16H11Cl2I2NOS. The van der Waals surface area contributed by atoms with Crippen LogP contribution in [0.1, 0.15) is 11.1 Å². The maximum Gasteiger partial charge on any atom is 0.146 e. The fourth-order valence-electron chi connectivity index (χ4n) is 2.15. The van der Waals surface area contributed by atoms with Crippen LogP contribution in [0.25, 0.3) is 0 Å². The molecule has 0 bridgehead atoms. The predicted octanol–water partition coefficient (Wildman–Crippen LogP) is 6.28. The Kier molecular flexibility index (Phi) is 6.39. The maximum atomic E-state index is 6.20. The second-order valence-corrected chi connectivity index (χ2v) is 9.02. The second kappa shape index (κ2) is 8.12. The summed E-state index contributed by atoms with van der Waals surface area (Å²) in [5, 5.41) is 2.35. The molecule has 120 valence electrons. The van der Waals surface area contributed by atoms with E-state index in [0.717, 1.165) is 41.4 Å². The largest absolute Gasteiger partial charge is 0.487 e. The van der Waals surface area contributed by atoms with E-state index < -0.39 is 0 Å². The Morgan fingerprint density at radius 3 is 2.35 bits per heavy atom. The van der Waals surface area contributed by atoms with Gasteiger partial charge in [0.2, 0.25) is 0 Å². The smallest absolute Gasteiger partial charge is 0.146 e. The molecule has 2 aromatic carbocycles. The van der Waals surface area contributed by atoms with Crippen molar-refractivity contribution in [1.82, 2.24) is 0 Å². The highest BCUT2D eigenvalue weighted by Crippen LogP contribution is 2.33. The summed E-state index contributed by atoms with van der Waals surface area (Å²) in [6.45, 7) is 1.25. The van der Waals surface area contributed by atoms with Crippen LogP contribution in [0.4, 0.5) is 0 Å². The van der Waals surface area contributed by atoms with E-state index >= 15 is 0 Å². The Bertz CT molecular complexity index is 739. The summed E-state index contributed by atoms with van der Waals surface area (Å²) in [7, 11) is 0. The fraction of sp³-hybridized carbons (Fsp3) is 0.188. The highest BCUT2D eigenvalue weighted by atomic mass is 127. The second-order valence-electron chi connectivity index (χ2n) is 4.79. The average molecular weight is 590 g/mol. The van der Waals surface area contributed by atoms with Crippen LogP contribution in [-0.4, -0.2) is 17.3 Å². The van der Waals surface area contributed by atoms with Crippen LogP contribution >= 0.6 is 80.1 Å². The average Bonchev–Trinajstić information content (AvgIpc) is 3.03. The number of benzene rings is 2. The Labute approximate surface area is 176 Å². The molecule has 0 aliphatic carbocycles. The lowest BCUT2D eigenvalue weighted by Gasteiger charge is -2.14. The summed E-state index contributed by atoms with van der Waals surface area (Å²) in [6, 6.07) is 9.70. The minimum Gasteiger partial charge on any atom is -0.487 e. The SMILES string of the molecule is Clc1cccc(Cl)c1COc1c(I)cc(C2=NCCS2)cc1I. The van der Waals surface area contributed by atoms with Gasteiger partial charge in [0.25, 0.3) is 0 Å². The van der Waals surface area contributed by atoms with Crippen LogP contribution in [0, 0.1) is 7.14 Å². The highest BCUT2D eigenvalue weighted by Gasteiger charge is 2.16. The first-order chi connectivity index (χ1) is 11.1. The van der Waals surface area contributed by atoms with Gasteiger partial charge in [-0.15, -0.1) is 11.8 Å². The standard InChI is InChI=1S/C16H11Cl2I2NOS/c17-11-2-1-3-12(18)10(11)8-22-15-13(19)6-9(7-14(15)20)16-21-4-5-23-16/h1-3,6-7H,4-5,8H2. The van der Waals surface area contributed by atoms with Gasteiger partial charge in [-0.2, -0.15) is 0 Å². The van der Waals surface area contributed by atoms with Crippen LogP contribution in [0.15, 0.2) is 35.3 Å². The molecule has 0 atom stereocenters. The van der Waals surface area contributed by atoms with Crippen LogP contribution in [-0.2, 0) is 6.61 Å². The molecule has 0 radical (unpaired) electrons. The highest BCUT2D eigenvalue weighted by molar-refractivity contribution is 14.1. The third kappa shape index (κ3) is 4.29. The zero-order valence-corrected chi connectivity index (χ0v) is 18.4. The normalized spacial score (nSPS) is 14.0. The number of thioether (sulfide) groups is 1. The van der Waals surface area contributed by atoms with Crippen molar-refractivity contribution < 1.29 is 4.74 Å². The number of rotatable bonds is 4. The van der Waals surface area contributed by atoms with Gasteiger partial charge in [0.05, 0.1) is 12.2 Å². The summed E-state index contributed by atoms with van der Waals surface area (Å²) >= 11 is 18.8. The molecule has 0 saturated carbocycles. The predicted molar refractivity (Wildman–Crippen MR) is 117 cm³/mol. The van der Waals surface area contributed by atoms with Gasteiger partial charge in [-0.05, 0) is 69.4 Å². The lowest BCUT2D eigenvalue weighted by atomic mass is 10.2. The van der Waals surface area contributed by atoms with Gasteiger partial charge in [-0.1, -0.05) is 29.3 Å². The molecular weight excluding hydrogens is 579 g/mol. The van der Waals surface area contributed by atoms with E-state index in [4.69, 9.17) is 27.9 Å². The van der Waals surface area contributed by atoms with E-state index in [1.54, 1.807) is 11.8 Å². The molecule has 0 saturated heterocycles. The lowest BCUT2D eigenvalue weighted by Crippen LogP contribution is -2.02. The summed E-state index contributed by atoms with van der Waals surface area (Å²) in [4.78, 5) is 4.53. The zero-order chi connectivity index (χ0) is 16.4. The third-order valence-electron chi connectivity index (χ3n) is 3.25. The van der Waals surface area contributed by atoms with E-state index in [-0.39, 0.29) is 0 Å². The minimum absolute atomic E-state index is 0.347. The minimum atomic E-state index is 0.347. The van der Waals surface area contributed by atoms with Crippen molar-refractivity contribution in [1.29, 1.82) is 0 Å². The van der Waals surface area contributed by atoms with Crippen LogP contribution in [0.5, 0.6) is 5.75 Å². The molecule has 0 aromatic heterocycles. The van der Waals surface area contributed by atoms with E-state index in [1.807, 2.05) is 18.2 Å². The molecule has 0 amide bonds. The molecule has 3 rings (SSSR count). The molecule has 0 N–H and O–H groups in total. The van der Waals surface area contributed by atoms with E-state index in [9.17, 15) is 0 Å². The Morgan fingerprint density at radius 1 is 1.13 bits per heavy atom. The van der Waals surface area contributed by atoms with E-state index in [1.165, 1.54) is 0 Å². The van der Waals surface area contributed by atoms with Crippen molar-refractivity contribution in [3.8, 4) is 5.75 Å². The van der Waals surface area contributed by atoms with Crippen molar-refractivity contribution in [2.75, 3.05) is 12.3 Å². The summed E-state index contributed by atoms with van der Waals surface area (Å²) < 4.78 is 8.12. The number of hydrogen-bond acceptors (Lipinski definition) is 3. The summed E-state index contributed by atoms with van der Waals surface area (Å²) in [5.74, 6) is 1.92. The molecule has 1 aliphatic rings. The monoisotopic (exact) mass is 589 g/mol. The Balaban J connectivity index is 1.83. The van der Waals surface area contributed by atoms with Crippen molar-refractivity contribution in [3.05, 3.63) is 58.6 Å². The van der Waals surface area contributed by atoms with Gasteiger partial charge in [0.15, 0.2) is 0 Å². The molecule has 1 aliphatic heterocycles.